The largest absolute Gasteiger partial charge is 0.196 e. The summed E-state index contributed by atoms with van der Waals surface area (Å²) < 4.78 is 0. The number of hydrogen-bond donors (Lipinski definition) is 0. The van der Waals surface area contributed by atoms with Gasteiger partial charge in [-0.15, -0.1) is 0 Å². The molecule has 0 saturated heterocycles. The third-order valence-electron chi connectivity index (χ3n) is 5.62. The summed E-state index contributed by atoms with van der Waals surface area (Å²) in [5.41, 5.74) is 14.7. The van der Waals surface area contributed by atoms with Crippen molar-refractivity contribution in [2.75, 3.05) is 0 Å². The second-order valence-electron chi connectivity index (χ2n) is 6.25. The van der Waals surface area contributed by atoms with Crippen LogP contribution >= 0.6 is 0 Å². The van der Waals surface area contributed by atoms with Gasteiger partial charge in [-0.25, -0.2) is 0 Å². The molecule has 0 aliphatic carbocycles. The molecule has 0 spiro atoms. The molecule has 0 atom stereocenters. The molecular weight excluding hydrogens is 295 g/mol. The first-order valence-electron chi connectivity index (χ1n) is 7.50. The zero-order chi connectivity index (χ0) is 15.8. The Balaban J connectivity index is 0.000000364. The molecule has 0 aliphatic heterocycles. The fourth-order valence-corrected chi connectivity index (χ4v) is 2.81. The van der Waals surface area contributed by atoms with Gasteiger partial charge in [0.25, 0.3) is 0 Å². The molecule has 0 N–H and O–H groups in total. The van der Waals surface area contributed by atoms with E-state index in [1.165, 1.54) is 55.6 Å². The van der Waals surface area contributed by atoms with E-state index in [1.807, 2.05) is 0 Å². The molecule has 2 rings (SSSR count). The van der Waals surface area contributed by atoms with Crippen LogP contribution in [-0.2, 0) is 17.1 Å². The van der Waals surface area contributed by atoms with E-state index in [1.54, 1.807) is 0 Å². The molecule has 0 nitrogen and oxygen atoms in total. The molecule has 2 aromatic carbocycles. The van der Waals surface area contributed by atoms with Gasteiger partial charge in [0, 0.05) is 17.1 Å². The van der Waals surface area contributed by atoms with Gasteiger partial charge in [-0.2, -0.15) is 55.6 Å². The van der Waals surface area contributed by atoms with Crippen LogP contribution in [-0.4, -0.2) is 0 Å². The van der Waals surface area contributed by atoms with Crippen LogP contribution in [0.3, 0.4) is 0 Å². The summed E-state index contributed by atoms with van der Waals surface area (Å²) in [6.07, 6.45) is 0. The minimum absolute atomic E-state index is 0. The Kier molecular flexibility index (Phi) is 7.19. The van der Waals surface area contributed by atoms with E-state index in [4.69, 9.17) is 0 Å². The number of rotatable bonds is 0. The normalized spacial score (nSPS) is 10.0. The van der Waals surface area contributed by atoms with Crippen LogP contribution in [0.4, 0.5) is 0 Å². The molecule has 0 aromatic heterocycles. The van der Waals surface area contributed by atoms with Crippen molar-refractivity contribution in [3.63, 3.8) is 0 Å². The Morgan fingerprint density at radius 2 is 0.571 bits per heavy atom. The molecule has 119 valence electrons. The third-order valence-corrected chi connectivity index (χ3v) is 5.62. The van der Waals surface area contributed by atoms with Crippen LogP contribution in [0.1, 0.15) is 55.6 Å². The fourth-order valence-electron chi connectivity index (χ4n) is 2.81. The molecule has 21 heavy (non-hydrogen) atoms. The monoisotopic (exact) mass is 325 g/mol. The molecule has 0 bridgehead atoms. The first-order chi connectivity index (χ1) is 9.11. The van der Waals surface area contributed by atoms with Crippen LogP contribution in [0.2, 0.25) is 0 Å². The van der Waals surface area contributed by atoms with Crippen LogP contribution in [0.25, 0.3) is 0 Å². The molecule has 0 fully saturated rings. The summed E-state index contributed by atoms with van der Waals surface area (Å²) >= 11 is 0. The molecule has 0 amide bonds. The van der Waals surface area contributed by atoms with Gasteiger partial charge in [0.2, 0.25) is 0 Å². The van der Waals surface area contributed by atoms with Crippen molar-refractivity contribution < 1.29 is 17.1 Å². The van der Waals surface area contributed by atoms with Gasteiger partial charge in [0.15, 0.2) is 0 Å². The molecule has 0 saturated carbocycles. The molecule has 1 radical (unpaired) electrons. The van der Waals surface area contributed by atoms with Gasteiger partial charge < -0.3 is 0 Å². The second-order valence-corrected chi connectivity index (χ2v) is 6.25. The minimum atomic E-state index is 0. The first kappa shape index (κ1) is 20.2. The Morgan fingerprint density at radius 1 is 0.429 bits per heavy atom. The maximum absolute atomic E-state index is 2.20. The van der Waals surface area contributed by atoms with Gasteiger partial charge in [-0.1, -0.05) is 69.2 Å². The van der Waals surface area contributed by atoms with Gasteiger partial charge in [0.05, 0.1) is 0 Å². The molecule has 0 heterocycles. The SMILES string of the molecule is Cc1c(C)c(C)[c-](C)c1C.Cc1c(C)c(C)[c-](C)c1C.[Mn]. The Hall–Kier alpha value is -0.781. The summed E-state index contributed by atoms with van der Waals surface area (Å²) in [7, 11) is 0. The van der Waals surface area contributed by atoms with Crippen molar-refractivity contribution in [1.29, 1.82) is 0 Å². The van der Waals surface area contributed by atoms with E-state index in [-0.39, 0.29) is 17.1 Å². The molecule has 0 unspecified atom stereocenters. The summed E-state index contributed by atoms with van der Waals surface area (Å²) in [6.45, 7) is 22.0. The van der Waals surface area contributed by atoms with Gasteiger partial charge in [-0.3, -0.25) is 0 Å². The summed E-state index contributed by atoms with van der Waals surface area (Å²) in [4.78, 5) is 0. The quantitative estimate of drug-likeness (QED) is 0.418. The fraction of sp³-hybridized carbons (Fsp3) is 0.500. The predicted octanol–water partition coefficient (Wildman–Crippen LogP) is 5.89. The standard InChI is InChI=1S/2C10H15.Mn/c2*1-6-7(2)9(4)10(5)8(6)3;/h2*1-5H3;/q2*-1;. The summed E-state index contributed by atoms with van der Waals surface area (Å²) in [6, 6.07) is 0. The Labute approximate surface area is 142 Å². The van der Waals surface area contributed by atoms with E-state index in [0.29, 0.717) is 0 Å². The molecule has 1 heteroatoms. The van der Waals surface area contributed by atoms with Gasteiger partial charge in [0.1, 0.15) is 0 Å². The predicted molar refractivity (Wildman–Crippen MR) is 91.4 cm³/mol. The smallest absolute Gasteiger partial charge is 0 e. The van der Waals surface area contributed by atoms with Crippen molar-refractivity contribution in [3.8, 4) is 0 Å². The summed E-state index contributed by atoms with van der Waals surface area (Å²) in [5.74, 6) is 0. The average Bonchev–Trinajstić information content (AvgIpc) is 2.71. The topological polar surface area (TPSA) is 0 Å². The van der Waals surface area contributed by atoms with Crippen LogP contribution in [0.5, 0.6) is 0 Å². The van der Waals surface area contributed by atoms with Gasteiger partial charge in [-0.05, 0) is 0 Å². The van der Waals surface area contributed by atoms with E-state index < -0.39 is 0 Å². The van der Waals surface area contributed by atoms with E-state index in [0.717, 1.165) is 0 Å². The Morgan fingerprint density at radius 3 is 0.619 bits per heavy atom. The molecule has 2 aromatic rings. The van der Waals surface area contributed by atoms with Crippen LogP contribution in [0, 0.1) is 69.2 Å². The van der Waals surface area contributed by atoms with E-state index >= 15 is 0 Å². The Bertz CT molecular complexity index is 404. The van der Waals surface area contributed by atoms with Gasteiger partial charge >= 0.3 is 0 Å². The zero-order valence-corrected chi connectivity index (χ0v) is 16.6. The maximum Gasteiger partial charge on any atom is 0 e. The van der Waals surface area contributed by atoms with E-state index in [2.05, 4.69) is 69.2 Å². The molecule has 0 aliphatic rings. The van der Waals surface area contributed by atoms with Crippen LogP contribution in [0.15, 0.2) is 0 Å². The second kappa shape index (κ2) is 7.47. The van der Waals surface area contributed by atoms with Crippen molar-refractivity contribution in [1.82, 2.24) is 0 Å². The first-order valence-corrected chi connectivity index (χ1v) is 7.50. The minimum Gasteiger partial charge on any atom is -0.196 e. The van der Waals surface area contributed by atoms with Crippen molar-refractivity contribution in [2.45, 2.75) is 69.2 Å². The van der Waals surface area contributed by atoms with Crippen molar-refractivity contribution in [3.05, 3.63) is 55.6 Å². The average molecular weight is 325 g/mol. The van der Waals surface area contributed by atoms with Crippen LogP contribution < -0.4 is 0 Å². The summed E-state index contributed by atoms with van der Waals surface area (Å²) in [5, 5.41) is 0. The van der Waals surface area contributed by atoms with E-state index in [9.17, 15) is 0 Å². The van der Waals surface area contributed by atoms with Crippen molar-refractivity contribution in [2.24, 2.45) is 0 Å². The van der Waals surface area contributed by atoms with Crippen molar-refractivity contribution >= 4 is 0 Å². The number of hydrogen-bond acceptors (Lipinski definition) is 0. The maximum atomic E-state index is 2.20. The zero-order valence-electron chi connectivity index (χ0n) is 15.4. The third kappa shape index (κ3) is 3.70. The molecular formula is C20H30Mn-2.